The predicted molar refractivity (Wildman–Crippen MR) is 124 cm³/mol. The van der Waals surface area contributed by atoms with Gasteiger partial charge in [0.2, 0.25) is 5.91 Å². The van der Waals surface area contributed by atoms with Gasteiger partial charge in [-0.1, -0.05) is 18.2 Å². The quantitative estimate of drug-likeness (QED) is 0.459. The lowest BCUT2D eigenvalue weighted by Crippen LogP contribution is -2.34. The Balaban J connectivity index is 1.40. The van der Waals surface area contributed by atoms with Gasteiger partial charge in [0.25, 0.3) is 0 Å². The Bertz CT molecular complexity index is 1330. The number of hydrogen-bond donors (Lipinski definition) is 1. The largest absolute Gasteiger partial charge is 0.497 e. The van der Waals surface area contributed by atoms with E-state index in [0.717, 1.165) is 22.2 Å². The molecule has 5 rings (SSSR count). The number of methoxy groups -OCH3 is 1. The average Bonchev–Trinajstić information content (AvgIpc) is 3.22. The number of carbonyl (C=O) groups is 2. The van der Waals surface area contributed by atoms with Gasteiger partial charge in [0.1, 0.15) is 18.0 Å². The summed E-state index contributed by atoms with van der Waals surface area (Å²) in [5, 5.41) is 3.87. The van der Waals surface area contributed by atoms with E-state index < -0.39 is 0 Å². The van der Waals surface area contributed by atoms with Gasteiger partial charge in [0.05, 0.1) is 31.5 Å². The Kier molecular flexibility index (Phi) is 5.52. The van der Waals surface area contributed by atoms with Crippen LogP contribution in [0.5, 0.6) is 11.5 Å². The van der Waals surface area contributed by atoms with Crippen molar-refractivity contribution in [2.45, 2.75) is 19.0 Å². The number of benzene rings is 2. The number of hydrogen-bond acceptors (Lipinski definition) is 5. The van der Waals surface area contributed by atoms with Crippen molar-refractivity contribution in [2.75, 3.05) is 13.7 Å². The Morgan fingerprint density at radius 1 is 1.15 bits per heavy atom. The van der Waals surface area contributed by atoms with Crippen molar-refractivity contribution in [3.8, 4) is 11.5 Å². The fourth-order valence-corrected chi connectivity index (χ4v) is 4.23. The smallest absolute Gasteiger partial charge is 0.240 e. The van der Waals surface area contributed by atoms with E-state index in [9.17, 15) is 9.59 Å². The van der Waals surface area contributed by atoms with Gasteiger partial charge in [0, 0.05) is 40.9 Å². The van der Waals surface area contributed by atoms with Crippen LogP contribution in [-0.2, 0) is 11.3 Å². The van der Waals surface area contributed by atoms with Crippen molar-refractivity contribution >= 4 is 22.6 Å². The summed E-state index contributed by atoms with van der Waals surface area (Å²) in [5.74, 6) is 1.23. The molecular formula is C26H23N3O4. The molecule has 0 fully saturated rings. The van der Waals surface area contributed by atoms with E-state index >= 15 is 0 Å². The maximum Gasteiger partial charge on any atom is 0.240 e. The third-order valence-corrected chi connectivity index (χ3v) is 5.89. The number of nitrogens with zero attached hydrogens (tertiary/aromatic N) is 2. The van der Waals surface area contributed by atoms with E-state index in [-0.39, 0.29) is 24.3 Å². The monoisotopic (exact) mass is 441 g/mol. The minimum atomic E-state index is -0.138. The summed E-state index contributed by atoms with van der Waals surface area (Å²) in [4.78, 5) is 30.4. The highest BCUT2D eigenvalue weighted by Crippen LogP contribution is 2.31. The van der Waals surface area contributed by atoms with Crippen molar-refractivity contribution in [3.63, 3.8) is 0 Å². The van der Waals surface area contributed by atoms with Gasteiger partial charge in [-0.25, -0.2) is 0 Å². The van der Waals surface area contributed by atoms with Crippen LogP contribution in [0.25, 0.3) is 10.9 Å². The second-order valence-electron chi connectivity index (χ2n) is 7.92. The fraction of sp³-hybridized carbons (Fsp3) is 0.192. The molecule has 1 aliphatic heterocycles. The molecule has 0 unspecified atom stereocenters. The van der Waals surface area contributed by atoms with Crippen molar-refractivity contribution in [1.82, 2.24) is 14.9 Å². The highest BCUT2D eigenvalue weighted by Gasteiger charge is 2.23. The molecule has 1 atom stereocenters. The summed E-state index contributed by atoms with van der Waals surface area (Å²) in [6, 6.07) is 16.4. The number of ketones is 1. The molecule has 3 heterocycles. The molecule has 2 aromatic carbocycles. The zero-order valence-corrected chi connectivity index (χ0v) is 18.2. The highest BCUT2D eigenvalue weighted by molar-refractivity contribution is 6.16. The lowest BCUT2D eigenvalue weighted by Gasteiger charge is -2.26. The summed E-state index contributed by atoms with van der Waals surface area (Å²) in [6.45, 7) is 0.635. The topological polar surface area (TPSA) is 82.5 Å². The summed E-state index contributed by atoms with van der Waals surface area (Å²) < 4.78 is 12.6. The van der Waals surface area contributed by atoms with Crippen LogP contribution in [0.1, 0.15) is 33.9 Å². The standard InChI is InChI=1S/C26H23N3O4/c1-32-18-8-6-17(7-9-18)26(31)21-15-29(23-14-27-12-10-19(21)23)16-25(30)28-22-11-13-33-24-5-3-2-4-20(22)24/h2-10,12,14-15,22H,11,13,16H2,1H3,(H,28,30)/t22-/m0/s1. The number of rotatable bonds is 6. The van der Waals surface area contributed by atoms with Crippen LogP contribution in [0.3, 0.4) is 0 Å². The molecule has 4 aromatic rings. The first-order valence-electron chi connectivity index (χ1n) is 10.8. The number of pyridine rings is 1. The molecule has 0 saturated carbocycles. The number of para-hydroxylation sites is 1. The number of amides is 1. The molecule has 33 heavy (non-hydrogen) atoms. The maximum atomic E-state index is 13.2. The molecule has 166 valence electrons. The normalized spacial score (nSPS) is 14.9. The van der Waals surface area contributed by atoms with E-state index in [1.165, 1.54) is 0 Å². The van der Waals surface area contributed by atoms with E-state index in [2.05, 4.69) is 10.3 Å². The summed E-state index contributed by atoms with van der Waals surface area (Å²) >= 11 is 0. The molecule has 0 bridgehead atoms. The minimum Gasteiger partial charge on any atom is -0.497 e. The van der Waals surface area contributed by atoms with Crippen LogP contribution < -0.4 is 14.8 Å². The zero-order chi connectivity index (χ0) is 22.8. The Hall–Kier alpha value is -4.13. The lowest BCUT2D eigenvalue weighted by atomic mass is 10.0. The van der Waals surface area contributed by atoms with Gasteiger partial charge in [0.15, 0.2) is 5.78 Å². The van der Waals surface area contributed by atoms with Crippen LogP contribution in [0, 0.1) is 0 Å². The molecular weight excluding hydrogens is 418 g/mol. The summed E-state index contributed by atoms with van der Waals surface area (Å²) in [5.41, 5.74) is 2.79. The first-order valence-corrected chi connectivity index (χ1v) is 10.8. The molecule has 7 nitrogen and oxygen atoms in total. The average molecular weight is 441 g/mol. The first kappa shape index (κ1) is 20.8. The predicted octanol–water partition coefficient (Wildman–Crippen LogP) is 3.92. The second-order valence-corrected chi connectivity index (χ2v) is 7.92. The molecule has 7 heteroatoms. The lowest BCUT2D eigenvalue weighted by molar-refractivity contribution is -0.122. The SMILES string of the molecule is COc1ccc(C(=O)c2cn(CC(=O)N[C@H]3CCOc4ccccc43)c3cnccc23)cc1. The van der Waals surface area contributed by atoms with E-state index in [1.807, 2.05) is 24.3 Å². The molecule has 0 saturated heterocycles. The maximum absolute atomic E-state index is 13.2. The van der Waals surface area contributed by atoms with Crippen molar-refractivity contribution in [2.24, 2.45) is 0 Å². The molecule has 1 aliphatic rings. The number of ether oxygens (including phenoxy) is 2. The fourth-order valence-electron chi connectivity index (χ4n) is 4.23. The second kappa shape index (κ2) is 8.78. The van der Waals surface area contributed by atoms with Crippen molar-refractivity contribution in [1.29, 1.82) is 0 Å². The molecule has 0 radical (unpaired) electrons. The van der Waals surface area contributed by atoms with Crippen LogP contribution in [-0.4, -0.2) is 35.0 Å². The number of aromatic nitrogens is 2. The molecule has 2 aromatic heterocycles. The van der Waals surface area contributed by atoms with Crippen LogP contribution in [0.15, 0.2) is 73.2 Å². The Morgan fingerprint density at radius 3 is 2.79 bits per heavy atom. The summed E-state index contributed by atoms with van der Waals surface area (Å²) in [6.07, 6.45) is 5.77. The van der Waals surface area contributed by atoms with E-state index in [1.54, 1.807) is 60.6 Å². The number of carbonyl (C=O) groups excluding carboxylic acids is 2. The van der Waals surface area contributed by atoms with Crippen LogP contribution >= 0.6 is 0 Å². The number of fused-ring (bicyclic) bond motifs is 2. The highest BCUT2D eigenvalue weighted by atomic mass is 16.5. The van der Waals surface area contributed by atoms with Gasteiger partial charge in [-0.15, -0.1) is 0 Å². The van der Waals surface area contributed by atoms with Gasteiger partial charge >= 0.3 is 0 Å². The van der Waals surface area contributed by atoms with Gasteiger partial charge < -0.3 is 19.4 Å². The van der Waals surface area contributed by atoms with Crippen molar-refractivity contribution < 1.29 is 19.1 Å². The van der Waals surface area contributed by atoms with Crippen LogP contribution in [0.2, 0.25) is 0 Å². The Morgan fingerprint density at radius 2 is 1.97 bits per heavy atom. The van der Waals surface area contributed by atoms with Gasteiger partial charge in [-0.2, -0.15) is 0 Å². The number of nitrogens with one attached hydrogen (secondary N) is 1. The molecule has 1 amide bonds. The van der Waals surface area contributed by atoms with Crippen molar-refractivity contribution in [3.05, 3.63) is 89.9 Å². The zero-order valence-electron chi connectivity index (χ0n) is 18.2. The molecule has 1 N–H and O–H groups in total. The third-order valence-electron chi connectivity index (χ3n) is 5.89. The first-order chi connectivity index (χ1) is 16.1. The van der Waals surface area contributed by atoms with Crippen LogP contribution in [0.4, 0.5) is 0 Å². The van der Waals surface area contributed by atoms with E-state index in [4.69, 9.17) is 9.47 Å². The van der Waals surface area contributed by atoms with Gasteiger partial charge in [-0.05, 0) is 36.4 Å². The van der Waals surface area contributed by atoms with Gasteiger partial charge in [-0.3, -0.25) is 14.6 Å². The Labute approximate surface area is 191 Å². The molecule has 0 aliphatic carbocycles. The molecule has 0 spiro atoms. The van der Waals surface area contributed by atoms with E-state index in [0.29, 0.717) is 29.9 Å². The third kappa shape index (κ3) is 4.05. The minimum absolute atomic E-state index is 0.0810. The summed E-state index contributed by atoms with van der Waals surface area (Å²) in [7, 11) is 1.58.